The first kappa shape index (κ1) is 26.5. The first-order valence-corrected chi connectivity index (χ1v) is 12.7. The highest BCUT2D eigenvalue weighted by molar-refractivity contribution is 5.96. The molecule has 3 aromatic carbocycles. The van der Waals surface area contributed by atoms with Gasteiger partial charge in [0.2, 0.25) is 0 Å². The molecule has 194 valence electrons. The van der Waals surface area contributed by atoms with E-state index in [-0.39, 0.29) is 24.3 Å². The number of ether oxygens (including phenoxy) is 1. The standard InChI is InChI=1S/C31H30N2O5/c1-3-5-15-26-32-28(23-11-7-6-8-12-23)27(31(37)38-4-2)29(34)33(26)20-21-16-18-22(19-17-21)24-13-9-10-14-25(24)30(35)36/h6-14,16-19H,3-5,15,20H2,1-2H3,(H,35,36)/p-1. The van der Waals surface area contributed by atoms with Crippen LogP contribution in [0.5, 0.6) is 0 Å². The highest BCUT2D eigenvalue weighted by Crippen LogP contribution is 2.25. The van der Waals surface area contributed by atoms with Crippen LogP contribution in [0.1, 0.15) is 58.8 Å². The van der Waals surface area contributed by atoms with Crippen molar-refractivity contribution in [3.63, 3.8) is 0 Å². The molecule has 1 heterocycles. The molecule has 1 aromatic heterocycles. The summed E-state index contributed by atoms with van der Waals surface area (Å²) in [6.45, 7) is 4.10. The smallest absolute Gasteiger partial charge is 0.346 e. The van der Waals surface area contributed by atoms with Crippen molar-refractivity contribution in [2.45, 2.75) is 39.7 Å². The summed E-state index contributed by atoms with van der Waals surface area (Å²) >= 11 is 0. The van der Waals surface area contributed by atoms with Crippen LogP contribution in [0.4, 0.5) is 0 Å². The summed E-state index contributed by atoms with van der Waals surface area (Å²) in [5.74, 6) is -1.35. The highest BCUT2D eigenvalue weighted by atomic mass is 16.5. The number of unbranched alkanes of at least 4 members (excludes halogenated alkanes) is 1. The summed E-state index contributed by atoms with van der Waals surface area (Å²) in [6.07, 6.45) is 2.33. The van der Waals surface area contributed by atoms with Crippen molar-refractivity contribution in [1.82, 2.24) is 9.55 Å². The molecule has 0 fully saturated rings. The summed E-state index contributed by atoms with van der Waals surface area (Å²) in [7, 11) is 0. The zero-order chi connectivity index (χ0) is 27.1. The van der Waals surface area contributed by atoms with Crippen LogP contribution in [0.25, 0.3) is 22.4 Å². The van der Waals surface area contributed by atoms with Gasteiger partial charge < -0.3 is 14.6 Å². The molecule has 4 aromatic rings. The molecule has 0 aliphatic rings. The molecule has 4 rings (SSSR count). The molecule has 0 bridgehead atoms. The first-order chi connectivity index (χ1) is 18.4. The van der Waals surface area contributed by atoms with Crippen LogP contribution in [0, 0.1) is 0 Å². The Bertz CT molecular complexity index is 1490. The average molecular weight is 510 g/mol. The maximum atomic E-state index is 13.8. The van der Waals surface area contributed by atoms with Gasteiger partial charge in [0.1, 0.15) is 5.82 Å². The van der Waals surface area contributed by atoms with E-state index in [4.69, 9.17) is 9.72 Å². The summed E-state index contributed by atoms with van der Waals surface area (Å²) < 4.78 is 6.79. The Morgan fingerprint density at radius 1 is 0.895 bits per heavy atom. The third kappa shape index (κ3) is 5.72. The van der Waals surface area contributed by atoms with E-state index in [0.717, 1.165) is 24.0 Å². The molecule has 0 saturated carbocycles. The van der Waals surface area contributed by atoms with E-state index in [0.29, 0.717) is 29.1 Å². The zero-order valence-electron chi connectivity index (χ0n) is 21.5. The van der Waals surface area contributed by atoms with Crippen LogP contribution in [0.15, 0.2) is 83.7 Å². The van der Waals surface area contributed by atoms with Crippen LogP contribution >= 0.6 is 0 Å². The number of aromatic carboxylic acids is 1. The molecule has 0 radical (unpaired) electrons. The van der Waals surface area contributed by atoms with Gasteiger partial charge in [-0.05, 0) is 30.0 Å². The Kier molecular flexibility index (Phi) is 8.48. The van der Waals surface area contributed by atoms with Gasteiger partial charge in [0.15, 0.2) is 5.56 Å². The van der Waals surface area contributed by atoms with Gasteiger partial charge in [-0.25, -0.2) is 9.78 Å². The molecule has 0 spiro atoms. The molecule has 38 heavy (non-hydrogen) atoms. The van der Waals surface area contributed by atoms with Gasteiger partial charge in [0.05, 0.1) is 24.8 Å². The minimum absolute atomic E-state index is 0.0854. The Morgan fingerprint density at radius 2 is 1.58 bits per heavy atom. The summed E-state index contributed by atoms with van der Waals surface area (Å²) in [5, 5.41) is 11.5. The lowest BCUT2D eigenvalue weighted by molar-refractivity contribution is -0.254. The maximum Gasteiger partial charge on any atom is 0.346 e. The monoisotopic (exact) mass is 509 g/mol. The quantitative estimate of drug-likeness (QED) is 0.292. The van der Waals surface area contributed by atoms with Crippen LogP contribution in [0.3, 0.4) is 0 Å². The highest BCUT2D eigenvalue weighted by Gasteiger charge is 2.24. The second-order valence-electron chi connectivity index (χ2n) is 8.86. The average Bonchev–Trinajstić information content (AvgIpc) is 2.94. The summed E-state index contributed by atoms with van der Waals surface area (Å²) in [6, 6.07) is 23.1. The molecular weight excluding hydrogens is 480 g/mol. The topological polar surface area (TPSA) is 101 Å². The largest absolute Gasteiger partial charge is 0.545 e. The van der Waals surface area contributed by atoms with Crippen molar-refractivity contribution < 1.29 is 19.4 Å². The molecule has 0 aliphatic heterocycles. The number of aromatic nitrogens is 2. The van der Waals surface area contributed by atoms with Crippen molar-refractivity contribution in [1.29, 1.82) is 0 Å². The Morgan fingerprint density at radius 3 is 2.24 bits per heavy atom. The van der Waals surface area contributed by atoms with Gasteiger partial charge in [-0.2, -0.15) is 0 Å². The fraction of sp³-hybridized carbons (Fsp3) is 0.226. The molecule has 0 atom stereocenters. The van der Waals surface area contributed by atoms with Gasteiger partial charge in [-0.3, -0.25) is 9.36 Å². The number of carbonyl (C=O) groups excluding carboxylic acids is 2. The van der Waals surface area contributed by atoms with Crippen molar-refractivity contribution in [2.75, 3.05) is 6.61 Å². The van der Waals surface area contributed by atoms with Crippen LogP contribution in [0.2, 0.25) is 0 Å². The van der Waals surface area contributed by atoms with Crippen LogP contribution < -0.4 is 10.7 Å². The Labute approximate surface area is 221 Å². The van der Waals surface area contributed by atoms with Crippen LogP contribution in [-0.4, -0.2) is 28.1 Å². The third-order valence-corrected chi connectivity index (χ3v) is 6.28. The minimum Gasteiger partial charge on any atom is -0.545 e. The van der Waals surface area contributed by atoms with E-state index in [9.17, 15) is 19.5 Å². The van der Waals surface area contributed by atoms with E-state index >= 15 is 0 Å². The number of carboxylic acid groups (broad SMARTS) is 1. The van der Waals surface area contributed by atoms with E-state index in [2.05, 4.69) is 6.92 Å². The lowest BCUT2D eigenvalue weighted by atomic mass is 9.98. The lowest BCUT2D eigenvalue weighted by Gasteiger charge is -2.17. The van der Waals surface area contributed by atoms with E-state index in [1.54, 1.807) is 29.7 Å². The van der Waals surface area contributed by atoms with Gasteiger partial charge in [0, 0.05) is 17.5 Å². The van der Waals surface area contributed by atoms with E-state index < -0.39 is 17.5 Å². The fourth-order valence-electron chi connectivity index (χ4n) is 4.36. The minimum atomic E-state index is -1.24. The summed E-state index contributed by atoms with van der Waals surface area (Å²) in [5.41, 5.74) is 2.66. The number of carboxylic acids is 1. The van der Waals surface area contributed by atoms with E-state index in [1.165, 1.54) is 6.07 Å². The second kappa shape index (κ2) is 12.1. The predicted molar refractivity (Wildman–Crippen MR) is 144 cm³/mol. The molecule has 7 heteroatoms. The zero-order valence-corrected chi connectivity index (χ0v) is 21.5. The molecule has 0 aliphatic carbocycles. The molecule has 0 unspecified atom stereocenters. The predicted octanol–water partition coefficient (Wildman–Crippen LogP) is 4.51. The number of hydrogen-bond donors (Lipinski definition) is 0. The molecular formula is C31H29N2O5-. The molecule has 0 saturated heterocycles. The normalized spacial score (nSPS) is 10.8. The fourth-order valence-corrected chi connectivity index (χ4v) is 4.36. The number of esters is 1. The van der Waals surface area contributed by atoms with Crippen molar-refractivity contribution in [2.24, 2.45) is 0 Å². The van der Waals surface area contributed by atoms with Crippen LogP contribution in [-0.2, 0) is 17.7 Å². The number of aryl methyl sites for hydroxylation is 1. The maximum absolute atomic E-state index is 13.8. The number of rotatable bonds is 10. The molecule has 7 nitrogen and oxygen atoms in total. The van der Waals surface area contributed by atoms with Gasteiger partial charge in [-0.15, -0.1) is 0 Å². The van der Waals surface area contributed by atoms with E-state index in [1.807, 2.05) is 54.6 Å². The van der Waals surface area contributed by atoms with Gasteiger partial charge in [-0.1, -0.05) is 92.2 Å². The third-order valence-electron chi connectivity index (χ3n) is 6.28. The summed E-state index contributed by atoms with van der Waals surface area (Å²) in [4.78, 5) is 43.1. The first-order valence-electron chi connectivity index (χ1n) is 12.7. The van der Waals surface area contributed by atoms with Crippen molar-refractivity contribution in [3.05, 3.63) is 112 Å². The van der Waals surface area contributed by atoms with Gasteiger partial charge >= 0.3 is 5.97 Å². The number of carbonyl (C=O) groups is 2. The Hall–Kier alpha value is -4.52. The SMILES string of the molecule is CCCCc1nc(-c2ccccc2)c(C(=O)OCC)c(=O)n1Cc1ccc(-c2ccccc2C(=O)[O-])cc1. The molecule has 0 amide bonds. The lowest BCUT2D eigenvalue weighted by Crippen LogP contribution is -2.32. The van der Waals surface area contributed by atoms with Gasteiger partial charge in [0.25, 0.3) is 5.56 Å². The second-order valence-corrected chi connectivity index (χ2v) is 8.86. The van der Waals surface area contributed by atoms with Crippen molar-refractivity contribution >= 4 is 11.9 Å². The number of benzene rings is 3. The van der Waals surface area contributed by atoms with Crippen molar-refractivity contribution in [3.8, 4) is 22.4 Å². The Balaban J connectivity index is 1.79. The molecule has 0 N–H and O–H groups in total. The number of hydrogen-bond acceptors (Lipinski definition) is 6. The number of nitrogens with zero attached hydrogens (tertiary/aromatic N) is 2.